The highest BCUT2D eigenvalue weighted by Crippen LogP contribution is 2.34. The summed E-state index contributed by atoms with van der Waals surface area (Å²) in [5.74, 6) is 1.15. The Morgan fingerprint density at radius 3 is 2.42 bits per heavy atom. The summed E-state index contributed by atoms with van der Waals surface area (Å²) >= 11 is 0. The topological polar surface area (TPSA) is 67.9 Å². The Bertz CT molecular complexity index is 1120. The van der Waals surface area contributed by atoms with Crippen molar-refractivity contribution in [2.75, 3.05) is 30.0 Å². The van der Waals surface area contributed by atoms with Crippen LogP contribution < -0.4 is 19.7 Å². The van der Waals surface area contributed by atoms with Gasteiger partial charge in [0.25, 0.3) is 5.91 Å². The lowest BCUT2D eigenvalue weighted by Gasteiger charge is -2.29. The zero-order valence-electron chi connectivity index (χ0n) is 19.0. The number of carbonyl (C=O) groups excluding carboxylic acids is 2. The van der Waals surface area contributed by atoms with Crippen LogP contribution in [-0.2, 0) is 16.0 Å². The second-order valence-electron chi connectivity index (χ2n) is 8.21. The zero-order valence-corrected chi connectivity index (χ0v) is 19.0. The summed E-state index contributed by atoms with van der Waals surface area (Å²) in [6.07, 6.45) is 1.07. The number of aryl methyl sites for hydroxylation is 3. The van der Waals surface area contributed by atoms with Crippen LogP contribution in [-0.4, -0.2) is 31.6 Å². The van der Waals surface area contributed by atoms with Crippen molar-refractivity contribution < 1.29 is 19.1 Å². The van der Waals surface area contributed by atoms with Crippen molar-refractivity contribution in [1.29, 1.82) is 0 Å². The van der Waals surface area contributed by atoms with E-state index in [1.54, 1.807) is 23.1 Å². The van der Waals surface area contributed by atoms with Gasteiger partial charge in [-0.25, -0.2) is 0 Å². The molecule has 2 amide bonds. The normalized spacial score (nSPS) is 12.7. The highest BCUT2D eigenvalue weighted by Gasteiger charge is 2.25. The van der Waals surface area contributed by atoms with Crippen LogP contribution in [0.4, 0.5) is 11.4 Å². The van der Waals surface area contributed by atoms with E-state index in [9.17, 15) is 9.59 Å². The predicted molar refractivity (Wildman–Crippen MR) is 129 cm³/mol. The molecule has 0 bridgehead atoms. The smallest absolute Gasteiger partial charge is 0.265 e. The van der Waals surface area contributed by atoms with Crippen LogP contribution in [0.25, 0.3) is 0 Å². The number of hydrogen-bond acceptors (Lipinski definition) is 4. The van der Waals surface area contributed by atoms with E-state index in [4.69, 9.17) is 9.47 Å². The van der Waals surface area contributed by atoms with Crippen LogP contribution >= 0.6 is 0 Å². The molecule has 0 aromatic heterocycles. The molecule has 0 fully saturated rings. The molecule has 6 heteroatoms. The average Bonchev–Trinajstić information content (AvgIpc) is 2.81. The quantitative estimate of drug-likeness (QED) is 0.548. The largest absolute Gasteiger partial charge is 0.492 e. The van der Waals surface area contributed by atoms with Gasteiger partial charge < -0.3 is 19.7 Å². The molecule has 0 saturated heterocycles. The van der Waals surface area contributed by atoms with Crippen molar-refractivity contribution in [3.63, 3.8) is 0 Å². The van der Waals surface area contributed by atoms with Gasteiger partial charge in [0.05, 0.1) is 12.2 Å². The Morgan fingerprint density at radius 2 is 1.70 bits per heavy atom. The summed E-state index contributed by atoms with van der Waals surface area (Å²) in [4.78, 5) is 26.5. The molecular formula is C27H28N2O4. The minimum Gasteiger partial charge on any atom is -0.492 e. The number of hydrogen-bond donors (Lipinski definition) is 1. The van der Waals surface area contributed by atoms with Crippen LogP contribution in [0.5, 0.6) is 11.5 Å². The van der Waals surface area contributed by atoms with Gasteiger partial charge in [0.15, 0.2) is 6.61 Å². The first-order chi connectivity index (χ1) is 16.0. The van der Waals surface area contributed by atoms with Gasteiger partial charge in [0.2, 0.25) is 5.91 Å². The molecule has 0 atom stereocenters. The molecule has 33 heavy (non-hydrogen) atoms. The van der Waals surface area contributed by atoms with Crippen molar-refractivity contribution in [2.45, 2.75) is 26.7 Å². The molecule has 3 aromatic carbocycles. The van der Waals surface area contributed by atoms with E-state index in [2.05, 4.69) is 5.32 Å². The summed E-state index contributed by atoms with van der Waals surface area (Å²) in [7, 11) is 0. The number of nitrogens with zero attached hydrogens (tertiary/aromatic N) is 1. The highest BCUT2D eigenvalue weighted by atomic mass is 16.5. The van der Waals surface area contributed by atoms with Gasteiger partial charge in [0, 0.05) is 18.2 Å². The number of amides is 2. The molecular weight excluding hydrogens is 416 g/mol. The summed E-state index contributed by atoms with van der Waals surface area (Å²) in [5.41, 5.74) is 4.82. The molecule has 170 valence electrons. The Labute approximate surface area is 194 Å². The second kappa shape index (κ2) is 10.2. The number of rotatable bonds is 8. The number of anilines is 2. The molecule has 0 radical (unpaired) electrons. The number of benzene rings is 3. The van der Waals surface area contributed by atoms with Gasteiger partial charge in [-0.2, -0.15) is 0 Å². The maximum atomic E-state index is 12.4. The lowest BCUT2D eigenvalue weighted by Crippen LogP contribution is -2.41. The monoisotopic (exact) mass is 444 g/mol. The third-order valence-corrected chi connectivity index (χ3v) is 5.55. The van der Waals surface area contributed by atoms with Crippen molar-refractivity contribution in [2.24, 2.45) is 0 Å². The molecule has 3 aromatic rings. The molecule has 0 saturated carbocycles. The first-order valence-electron chi connectivity index (χ1n) is 11.1. The third-order valence-electron chi connectivity index (χ3n) is 5.55. The molecule has 1 heterocycles. The van der Waals surface area contributed by atoms with Gasteiger partial charge in [0.1, 0.15) is 18.1 Å². The summed E-state index contributed by atoms with van der Waals surface area (Å²) in [5, 5.41) is 2.92. The second-order valence-corrected chi connectivity index (χ2v) is 8.21. The fraction of sp³-hybridized carbons (Fsp3) is 0.259. The lowest BCUT2D eigenvalue weighted by molar-refractivity contribution is -0.121. The Morgan fingerprint density at radius 1 is 1.00 bits per heavy atom. The van der Waals surface area contributed by atoms with Crippen LogP contribution in [0.2, 0.25) is 0 Å². The van der Waals surface area contributed by atoms with E-state index in [0.29, 0.717) is 43.1 Å². The molecule has 0 spiro atoms. The molecule has 1 aliphatic rings. The molecule has 4 rings (SSSR count). The minimum absolute atomic E-state index is 0.0393. The number of carbonyl (C=O) groups is 2. The average molecular weight is 445 g/mol. The van der Waals surface area contributed by atoms with Crippen LogP contribution in [0.1, 0.15) is 23.1 Å². The predicted octanol–water partition coefficient (Wildman–Crippen LogP) is 4.68. The van der Waals surface area contributed by atoms with E-state index >= 15 is 0 Å². The fourth-order valence-electron chi connectivity index (χ4n) is 3.65. The molecule has 1 N–H and O–H groups in total. The number of nitrogens with one attached hydrogen (secondary N) is 1. The Hall–Kier alpha value is -3.80. The molecule has 1 aliphatic heterocycles. The van der Waals surface area contributed by atoms with Gasteiger partial charge in [-0.3, -0.25) is 9.59 Å². The Balaban J connectivity index is 1.34. The minimum atomic E-state index is -0.120. The standard InChI is InChI=1S/C27H28N2O4/c1-19-3-7-21(8-4-19)9-14-26(30)28-22-10-13-24-25(17-22)33-18-27(31)29(24)15-16-32-23-11-5-20(2)6-12-23/h3-8,10-13,17H,9,14-16,18H2,1-2H3,(H,28,30). The van der Waals surface area contributed by atoms with E-state index in [1.165, 1.54) is 5.56 Å². The molecule has 0 unspecified atom stereocenters. The van der Waals surface area contributed by atoms with Crippen molar-refractivity contribution >= 4 is 23.2 Å². The fourth-order valence-corrected chi connectivity index (χ4v) is 3.65. The van der Waals surface area contributed by atoms with Gasteiger partial charge >= 0.3 is 0 Å². The highest BCUT2D eigenvalue weighted by molar-refractivity contribution is 5.99. The maximum Gasteiger partial charge on any atom is 0.265 e. The van der Waals surface area contributed by atoms with E-state index in [0.717, 1.165) is 16.9 Å². The van der Waals surface area contributed by atoms with E-state index in [1.807, 2.05) is 62.4 Å². The van der Waals surface area contributed by atoms with Gasteiger partial charge in [-0.1, -0.05) is 47.5 Å². The molecule has 6 nitrogen and oxygen atoms in total. The lowest BCUT2D eigenvalue weighted by atomic mass is 10.1. The first-order valence-corrected chi connectivity index (χ1v) is 11.1. The van der Waals surface area contributed by atoms with Crippen LogP contribution in [0, 0.1) is 13.8 Å². The SMILES string of the molecule is Cc1ccc(CCC(=O)Nc2ccc3c(c2)OCC(=O)N3CCOc2ccc(C)cc2)cc1. The van der Waals surface area contributed by atoms with Crippen LogP contribution in [0.3, 0.4) is 0 Å². The summed E-state index contributed by atoms with van der Waals surface area (Å²) in [6.45, 7) is 4.80. The maximum absolute atomic E-state index is 12.4. The van der Waals surface area contributed by atoms with Gasteiger partial charge in [-0.15, -0.1) is 0 Å². The van der Waals surface area contributed by atoms with E-state index in [-0.39, 0.29) is 18.4 Å². The van der Waals surface area contributed by atoms with Crippen molar-refractivity contribution in [3.05, 3.63) is 83.4 Å². The Kier molecular flexibility index (Phi) is 6.93. The third kappa shape index (κ3) is 5.92. The first kappa shape index (κ1) is 22.4. The number of fused-ring (bicyclic) bond motifs is 1. The zero-order chi connectivity index (χ0) is 23.2. The van der Waals surface area contributed by atoms with Crippen molar-refractivity contribution in [3.8, 4) is 11.5 Å². The van der Waals surface area contributed by atoms with Gasteiger partial charge in [-0.05, 0) is 50.1 Å². The number of ether oxygens (including phenoxy) is 2. The van der Waals surface area contributed by atoms with E-state index < -0.39 is 0 Å². The van der Waals surface area contributed by atoms with Crippen LogP contribution in [0.15, 0.2) is 66.7 Å². The summed E-state index contributed by atoms with van der Waals surface area (Å²) < 4.78 is 11.4. The molecule has 0 aliphatic carbocycles. The van der Waals surface area contributed by atoms with Crippen molar-refractivity contribution in [1.82, 2.24) is 0 Å². The summed E-state index contributed by atoms with van der Waals surface area (Å²) in [6, 6.07) is 21.3.